The molecule has 3 rings (SSSR count). The van der Waals surface area contributed by atoms with Crippen molar-refractivity contribution in [2.75, 3.05) is 18.6 Å². The standard InChI is InChI=1S/C23H22N2O5S/c1-4-8-15-11-14(13-19(20(15)26)30-5-2)12-16-21(27)24-23(31)25(22(16)28)17-9-6-7-10-18(17)29-3/h4,6-7,9-13,26H,1,5,8H2,2-3H3,(H,24,27,31)/b16-12-. The van der Waals surface area contributed by atoms with E-state index in [1.165, 1.54) is 18.1 Å². The number of hydrogen-bond donors (Lipinski definition) is 2. The lowest BCUT2D eigenvalue weighted by molar-refractivity contribution is -0.122. The summed E-state index contributed by atoms with van der Waals surface area (Å²) >= 11 is 5.24. The number of nitrogens with one attached hydrogen (secondary N) is 1. The number of hydrogen-bond acceptors (Lipinski definition) is 6. The molecule has 2 amide bonds. The van der Waals surface area contributed by atoms with Gasteiger partial charge in [0.25, 0.3) is 11.8 Å². The van der Waals surface area contributed by atoms with Crippen LogP contribution in [0.5, 0.6) is 17.2 Å². The highest BCUT2D eigenvalue weighted by Gasteiger charge is 2.35. The van der Waals surface area contributed by atoms with Crippen molar-refractivity contribution >= 4 is 40.9 Å². The molecule has 0 spiro atoms. The summed E-state index contributed by atoms with van der Waals surface area (Å²) in [5, 5.41) is 12.9. The summed E-state index contributed by atoms with van der Waals surface area (Å²) in [6, 6.07) is 10.1. The predicted molar refractivity (Wildman–Crippen MR) is 122 cm³/mol. The second-order valence-corrected chi connectivity index (χ2v) is 6.97. The second-order valence-electron chi connectivity index (χ2n) is 6.58. The maximum absolute atomic E-state index is 13.3. The van der Waals surface area contributed by atoms with Crippen LogP contribution in [0.15, 0.2) is 54.6 Å². The van der Waals surface area contributed by atoms with Gasteiger partial charge in [0.1, 0.15) is 11.3 Å². The Morgan fingerprint density at radius 3 is 2.65 bits per heavy atom. The van der Waals surface area contributed by atoms with E-state index in [1.807, 2.05) is 0 Å². The molecule has 0 saturated carbocycles. The van der Waals surface area contributed by atoms with Gasteiger partial charge in [-0.15, -0.1) is 6.58 Å². The van der Waals surface area contributed by atoms with Gasteiger partial charge in [0.15, 0.2) is 16.6 Å². The van der Waals surface area contributed by atoms with Crippen molar-refractivity contribution in [3.8, 4) is 17.2 Å². The Balaban J connectivity index is 2.09. The Morgan fingerprint density at radius 1 is 1.23 bits per heavy atom. The van der Waals surface area contributed by atoms with E-state index in [0.717, 1.165) is 0 Å². The van der Waals surface area contributed by atoms with Gasteiger partial charge in [-0.3, -0.25) is 14.9 Å². The van der Waals surface area contributed by atoms with Crippen molar-refractivity contribution in [3.63, 3.8) is 0 Å². The first-order valence-electron chi connectivity index (χ1n) is 9.55. The van der Waals surface area contributed by atoms with Crippen LogP contribution in [-0.2, 0) is 16.0 Å². The zero-order valence-electron chi connectivity index (χ0n) is 17.2. The minimum absolute atomic E-state index is 0.000137. The number of carbonyl (C=O) groups excluding carboxylic acids is 2. The van der Waals surface area contributed by atoms with Gasteiger partial charge < -0.3 is 14.6 Å². The molecule has 160 valence electrons. The molecule has 0 aliphatic carbocycles. The van der Waals surface area contributed by atoms with Crippen LogP contribution in [0.3, 0.4) is 0 Å². The zero-order chi connectivity index (χ0) is 22.5. The quantitative estimate of drug-likeness (QED) is 0.298. The van der Waals surface area contributed by atoms with Gasteiger partial charge in [-0.2, -0.15) is 0 Å². The molecule has 8 heteroatoms. The van der Waals surface area contributed by atoms with E-state index in [1.54, 1.807) is 49.4 Å². The first kappa shape index (κ1) is 22.0. The van der Waals surface area contributed by atoms with Crippen LogP contribution in [0.4, 0.5) is 5.69 Å². The van der Waals surface area contributed by atoms with E-state index in [2.05, 4.69) is 11.9 Å². The first-order chi connectivity index (χ1) is 14.9. The molecule has 1 saturated heterocycles. The Bertz CT molecular complexity index is 1090. The normalized spacial score (nSPS) is 15.1. The number of carbonyl (C=O) groups is 2. The van der Waals surface area contributed by atoms with Gasteiger partial charge in [0.2, 0.25) is 0 Å². The van der Waals surface area contributed by atoms with Crippen molar-refractivity contribution in [2.45, 2.75) is 13.3 Å². The molecule has 0 bridgehead atoms. The average Bonchev–Trinajstić information content (AvgIpc) is 2.74. The van der Waals surface area contributed by atoms with Crippen LogP contribution >= 0.6 is 12.2 Å². The molecule has 0 unspecified atom stereocenters. The van der Waals surface area contributed by atoms with Crippen molar-refractivity contribution in [1.29, 1.82) is 0 Å². The third kappa shape index (κ3) is 4.44. The minimum atomic E-state index is -0.613. The summed E-state index contributed by atoms with van der Waals surface area (Å²) in [4.78, 5) is 27.1. The van der Waals surface area contributed by atoms with Crippen molar-refractivity contribution in [1.82, 2.24) is 5.32 Å². The number of phenolic OH excluding ortho intramolecular Hbond substituents is 1. The number of aromatic hydroxyl groups is 1. The molecule has 0 radical (unpaired) electrons. The summed E-state index contributed by atoms with van der Waals surface area (Å²) in [6.45, 7) is 5.83. The molecule has 7 nitrogen and oxygen atoms in total. The van der Waals surface area contributed by atoms with E-state index in [0.29, 0.717) is 35.6 Å². The lowest BCUT2D eigenvalue weighted by atomic mass is 10.0. The molecule has 31 heavy (non-hydrogen) atoms. The van der Waals surface area contributed by atoms with Gasteiger partial charge in [0.05, 0.1) is 19.4 Å². The van der Waals surface area contributed by atoms with E-state index in [-0.39, 0.29) is 22.2 Å². The average molecular weight is 439 g/mol. The highest BCUT2D eigenvalue weighted by atomic mass is 32.1. The molecule has 2 aromatic rings. The van der Waals surface area contributed by atoms with Crippen LogP contribution in [-0.4, -0.2) is 35.8 Å². The number of rotatable bonds is 7. The third-order valence-electron chi connectivity index (χ3n) is 4.58. The van der Waals surface area contributed by atoms with E-state index >= 15 is 0 Å². The predicted octanol–water partition coefficient (Wildman–Crippen LogP) is 3.36. The molecule has 0 aromatic heterocycles. The third-order valence-corrected chi connectivity index (χ3v) is 4.86. The van der Waals surface area contributed by atoms with Crippen LogP contribution in [0.2, 0.25) is 0 Å². The Morgan fingerprint density at radius 2 is 1.97 bits per heavy atom. The number of phenols is 1. The Hall–Kier alpha value is -3.65. The molecule has 1 aliphatic rings. The summed E-state index contributed by atoms with van der Waals surface area (Å²) in [7, 11) is 1.48. The van der Waals surface area contributed by atoms with Crippen molar-refractivity contribution in [2.24, 2.45) is 0 Å². The van der Waals surface area contributed by atoms with Crippen LogP contribution in [0.25, 0.3) is 6.08 Å². The number of nitrogens with zero attached hydrogens (tertiary/aromatic N) is 1. The topological polar surface area (TPSA) is 88.1 Å². The van der Waals surface area contributed by atoms with Crippen LogP contribution < -0.4 is 19.7 Å². The number of amides is 2. The van der Waals surface area contributed by atoms with Gasteiger partial charge >= 0.3 is 0 Å². The number of benzene rings is 2. The van der Waals surface area contributed by atoms with Crippen molar-refractivity contribution < 1.29 is 24.2 Å². The molecular formula is C23H22N2O5S. The van der Waals surface area contributed by atoms with Crippen LogP contribution in [0, 0.1) is 0 Å². The molecular weight excluding hydrogens is 416 g/mol. The number of anilines is 1. The Kier molecular flexibility index (Phi) is 6.71. The Labute approximate surface area is 185 Å². The summed E-state index contributed by atoms with van der Waals surface area (Å²) < 4.78 is 10.8. The highest BCUT2D eigenvalue weighted by molar-refractivity contribution is 7.80. The fourth-order valence-corrected chi connectivity index (χ4v) is 3.48. The number of methoxy groups -OCH3 is 1. The monoisotopic (exact) mass is 438 g/mol. The number of para-hydroxylation sites is 2. The molecule has 1 aliphatic heterocycles. The van der Waals surface area contributed by atoms with E-state index < -0.39 is 11.8 Å². The lowest BCUT2D eigenvalue weighted by Gasteiger charge is -2.29. The SMILES string of the molecule is C=CCc1cc(/C=C2/C(=O)NC(=S)N(c3ccccc3OC)C2=O)cc(OCC)c1O. The van der Waals surface area contributed by atoms with E-state index in [4.69, 9.17) is 21.7 Å². The fraction of sp³-hybridized carbons (Fsp3) is 0.174. The number of ether oxygens (including phenoxy) is 2. The van der Waals surface area contributed by atoms with Gasteiger partial charge in [-0.25, -0.2) is 4.90 Å². The number of thiocarbonyl (C=S) groups is 1. The maximum Gasteiger partial charge on any atom is 0.270 e. The molecule has 2 aromatic carbocycles. The van der Waals surface area contributed by atoms with Gasteiger partial charge in [-0.05, 0) is 61.5 Å². The van der Waals surface area contributed by atoms with Gasteiger partial charge in [0, 0.05) is 5.56 Å². The smallest absolute Gasteiger partial charge is 0.270 e. The number of allylic oxidation sites excluding steroid dienone is 1. The second kappa shape index (κ2) is 9.44. The molecule has 1 heterocycles. The largest absolute Gasteiger partial charge is 0.504 e. The minimum Gasteiger partial charge on any atom is -0.504 e. The summed E-state index contributed by atoms with van der Waals surface area (Å²) in [5.74, 6) is -0.508. The van der Waals surface area contributed by atoms with E-state index in [9.17, 15) is 14.7 Å². The first-order valence-corrected chi connectivity index (χ1v) is 9.96. The molecule has 1 fully saturated rings. The highest BCUT2D eigenvalue weighted by Crippen LogP contribution is 2.34. The fourth-order valence-electron chi connectivity index (χ4n) is 3.21. The van der Waals surface area contributed by atoms with Gasteiger partial charge in [-0.1, -0.05) is 18.2 Å². The summed E-state index contributed by atoms with van der Waals surface area (Å²) in [6.07, 6.45) is 3.47. The summed E-state index contributed by atoms with van der Waals surface area (Å²) in [5.41, 5.74) is 1.38. The molecule has 2 N–H and O–H groups in total. The maximum atomic E-state index is 13.3. The van der Waals surface area contributed by atoms with Crippen molar-refractivity contribution in [3.05, 3.63) is 65.8 Å². The molecule has 0 atom stereocenters. The lowest BCUT2D eigenvalue weighted by Crippen LogP contribution is -2.54. The van der Waals surface area contributed by atoms with Crippen LogP contribution in [0.1, 0.15) is 18.1 Å². The zero-order valence-corrected chi connectivity index (χ0v) is 18.0.